The van der Waals surface area contributed by atoms with Gasteiger partial charge in [-0.3, -0.25) is 9.59 Å². The van der Waals surface area contributed by atoms with Gasteiger partial charge in [-0.25, -0.2) is 0 Å². The standard InChI is InChI=1S/C18H28N4O2/c1-15(23)22(14-18(24)19-10-13-20(2)3)17-8-6-16(7-9-17)21-11-4-5-12-21/h6-9H,4-5,10-14H2,1-3H3,(H,19,24). The van der Waals surface area contributed by atoms with E-state index in [0.29, 0.717) is 6.54 Å². The van der Waals surface area contributed by atoms with Gasteiger partial charge in [-0.15, -0.1) is 0 Å². The molecule has 6 nitrogen and oxygen atoms in total. The highest BCUT2D eigenvalue weighted by molar-refractivity contribution is 5.97. The van der Waals surface area contributed by atoms with Crippen LogP contribution < -0.4 is 15.1 Å². The number of carbonyl (C=O) groups is 2. The summed E-state index contributed by atoms with van der Waals surface area (Å²) in [5, 5.41) is 2.84. The summed E-state index contributed by atoms with van der Waals surface area (Å²) >= 11 is 0. The molecule has 0 aliphatic carbocycles. The van der Waals surface area contributed by atoms with E-state index in [4.69, 9.17) is 0 Å². The lowest BCUT2D eigenvalue weighted by molar-refractivity contribution is -0.123. The van der Waals surface area contributed by atoms with E-state index in [-0.39, 0.29) is 18.4 Å². The molecule has 2 amide bonds. The first-order valence-corrected chi connectivity index (χ1v) is 8.52. The van der Waals surface area contributed by atoms with Gasteiger partial charge < -0.3 is 20.0 Å². The fraction of sp³-hybridized carbons (Fsp3) is 0.556. The average molecular weight is 332 g/mol. The Hall–Kier alpha value is -2.08. The molecule has 1 saturated heterocycles. The second-order valence-corrected chi connectivity index (χ2v) is 6.47. The van der Waals surface area contributed by atoms with Crippen LogP contribution >= 0.6 is 0 Å². The van der Waals surface area contributed by atoms with Gasteiger partial charge in [-0.05, 0) is 51.2 Å². The van der Waals surface area contributed by atoms with Gasteiger partial charge in [0, 0.05) is 44.5 Å². The molecular weight excluding hydrogens is 304 g/mol. The van der Waals surface area contributed by atoms with E-state index < -0.39 is 0 Å². The van der Waals surface area contributed by atoms with Gasteiger partial charge in [-0.2, -0.15) is 0 Å². The van der Waals surface area contributed by atoms with Crippen LogP contribution in [0.25, 0.3) is 0 Å². The first-order chi connectivity index (χ1) is 11.5. The molecule has 24 heavy (non-hydrogen) atoms. The molecule has 1 aliphatic rings. The molecule has 1 heterocycles. The molecule has 1 N–H and O–H groups in total. The summed E-state index contributed by atoms with van der Waals surface area (Å²) in [7, 11) is 3.91. The summed E-state index contributed by atoms with van der Waals surface area (Å²) in [4.78, 5) is 29.8. The van der Waals surface area contributed by atoms with E-state index >= 15 is 0 Å². The minimum Gasteiger partial charge on any atom is -0.372 e. The number of anilines is 2. The quantitative estimate of drug-likeness (QED) is 0.818. The molecule has 0 radical (unpaired) electrons. The minimum atomic E-state index is -0.143. The largest absolute Gasteiger partial charge is 0.372 e. The van der Waals surface area contributed by atoms with Crippen LogP contribution in [0.3, 0.4) is 0 Å². The molecule has 0 spiro atoms. The average Bonchev–Trinajstić information content (AvgIpc) is 3.06. The van der Waals surface area contributed by atoms with E-state index in [1.807, 2.05) is 43.3 Å². The van der Waals surface area contributed by atoms with Crippen molar-refractivity contribution in [3.63, 3.8) is 0 Å². The van der Waals surface area contributed by atoms with Crippen molar-refractivity contribution in [1.29, 1.82) is 0 Å². The van der Waals surface area contributed by atoms with Gasteiger partial charge in [0.25, 0.3) is 0 Å². The highest BCUT2D eigenvalue weighted by Crippen LogP contribution is 2.23. The third kappa shape index (κ3) is 5.23. The highest BCUT2D eigenvalue weighted by atomic mass is 16.2. The number of carbonyl (C=O) groups excluding carboxylic acids is 2. The molecule has 6 heteroatoms. The number of benzene rings is 1. The number of nitrogens with one attached hydrogen (secondary N) is 1. The van der Waals surface area contributed by atoms with Gasteiger partial charge in [0.1, 0.15) is 6.54 Å². The Labute approximate surface area is 144 Å². The van der Waals surface area contributed by atoms with Crippen molar-refractivity contribution >= 4 is 23.2 Å². The Kier molecular flexibility index (Phi) is 6.61. The van der Waals surface area contributed by atoms with Gasteiger partial charge in [0.05, 0.1) is 0 Å². The molecule has 132 valence electrons. The van der Waals surface area contributed by atoms with Crippen molar-refractivity contribution in [3.05, 3.63) is 24.3 Å². The zero-order valence-electron chi connectivity index (χ0n) is 14.9. The topological polar surface area (TPSA) is 55.9 Å². The number of amides is 2. The maximum atomic E-state index is 12.1. The summed E-state index contributed by atoms with van der Waals surface area (Å²) in [5.41, 5.74) is 1.93. The summed E-state index contributed by atoms with van der Waals surface area (Å²) in [6.07, 6.45) is 2.46. The monoisotopic (exact) mass is 332 g/mol. The molecule has 0 bridgehead atoms. The smallest absolute Gasteiger partial charge is 0.240 e. The Bertz CT molecular complexity index is 551. The Balaban J connectivity index is 1.96. The first kappa shape index (κ1) is 18.3. The summed E-state index contributed by atoms with van der Waals surface area (Å²) in [6, 6.07) is 7.89. The Morgan fingerprint density at radius 2 is 1.75 bits per heavy atom. The zero-order chi connectivity index (χ0) is 17.5. The van der Waals surface area contributed by atoms with Crippen LogP contribution in [0.2, 0.25) is 0 Å². The molecule has 1 aromatic carbocycles. The van der Waals surface area contributed by atoms with Crippen LogP contribution in [-0.4, -0.2) is 63.5 Å². The summed E-state index contributed by atoms with van der Waals surface area (Å²) in [6.45, 7) is 5.06. The highest BCUT2D eigenvalue weighted by Gasteiger charge is 2.17. The second-order valence-electron chi connectivity index (χ2n) is 6.47. The van der Waals surface area contributed by atoms with E-state index in [1.54, 1.807) is 0 Å². The fourth-order valence-corrected chi connectivity index (χ4v) is 2.82. The lowest BCUT2D eigenvalue weighted by atomic mass is 10.2. The molecular formula is C18H28N4O2. The maximum Gasteiger partial charge on any atom is 0.240 e. The molecule has 1 aliphatic heterocycles. The van der Waals surface area contributed by atoms with E-state index in [9.17, 15) is 9.59 Å². The van der Waals surface area contributed by atoms with E-state index in [1.165, 1.54) is 30.4 Å². The van der Waals surface area contributed by atoms with Crippen molar-refractivity contribution in [2.75, 3.05) is 56.6 Å². The predicted molar refractivity (Wildman–Crippen MR) is 97.5 cm³/mol. The molecule has 1 aromatic rings. The second kappa shape index (κ2) is 8.68. The molecule has 2 rings (SSSR count). The molecule has 0 atom stereocenters. The first-order valence-electron chi connectivity index (χ1n) is 8.52. The third-order valence-corrected chi connectivity index (χ3v) is 4.20. The van der Waals surface area contributed by atoms with Crippen molar-refractivity contribution < 1.29 is 9.59 Å². The molecule has 0 unspecified atom stereocenters. The van der Waals surface area contributed by atoms with Crippen LogP contribution in [-0.2, 0) is 9.59 Å². The normalized spacial score (nSPS) is 14.1. The number of likely N-dealkylation sites (N-methyl/N-ethyl adjacent to an activating group) is 1. The molecule has 0 aromatic heterocycles. The van der Waals surface area contributed by atoms with Crippen molar-refractivity contribution in [2.24, 2.45) is 0 Å². The maximum absolute atomic E-state index is 12.1. The number of rotatable bonds is 7. The number of hydrogen-bond donors (Lipinski definition) is 1. The third-order valence-electron chi connectivity index (χ3n) is 4.20. The predicted octanol–water partition coefficient (Wildman–Crippen LogP) is 1.32. The van der Waals surface area contributed by atoms with Crippen LogP contribution in [0.5, 0.6) is 0 Å². The van der Waals surface area contributed by atoms with Gasteiger partial charge >= 0.3 is 0 Å². The van der Waals surface area contributed by atoms with Crippen LogP contribution in [0.4, 0.5) is 11.4 Å². The summed E-state index contributed by atoms with van der Waals surface area (Å²) in [5.74, 6) is -0.276. The van der Waals surface area contributed by atoms with Crippen LogP contribution in [0, 0.1) is 0 Å². The van der Waals surface area contributed by atoms with Crippen LogP contribution in [0.15, 0.2) is 24.3 Å². The summed E-state index contributed by atoms with van der Waals surface area (Å²) < 4.78 is 0. The number of hydrogen-bond acceptors (Lipinski definition) is 4. The van der Waals surface area contributed by atoms with Crippen LogP contribution in [0.1, 0.15) is 19.8 Å². The fourth-order valence-electron chi connectivity index (χ4n) is 2.82. The van der Waals surface area contributed by atoms with Gasteiger partial charge in [-0.1, -0.05) is 0 Å². The zero-order valence-corrected chi connectivity index (χ0v) is 14.9. The van der Waals surface area contributed by atoms with Crippen molar-refractivity contribution in [1.82, 2.24) is 10.2 Å². The Morgan fingerprint density at radius 1 is 1.12 bits per heavy atom. The van der Waals surface area contributed by atoms with Crippen molar-refractivity contribution in [3.8, 4) is 0 Å². The van der Waals surface area contributed by atoms with E-state index in [0.717, 1.165) is 25.3 Å². The van der Waals surface area contributed by atoms with Crippen molar-refractivity contribution in [2.45, 2.75) is 19.8 Å². The lowest BCUT2D eigenvalue weighted by Gasteiger charge is -2.23. The SMILES string of the molecule is CC(=O)N(CC(=O)NCCN(C)C)c1ccc(N2CCCC2)cc1. The Morgan fingerprint density at radius 3 is 2.29 bits per heavy atom. The van der Waals surface area contributed by atoms with Gasteiger partial charge in [0.2, 0.25) is 11.8 Å². The van der Waals surface area contributed by atoms with Gasteiger partial charge in [0.15, 0.2) is 0 Å². The minimum absolute atomic E-state index is 0.0474. The lowest BCUT2D eigenvalue weighted by Crippen LogP contribution is -2.41. The van der Waals surface area contributed by atoms with E-state index in [2.05, 4.69) is 10.2 Å². The number of nitrogens with zero attached hydrogens (tertiary/aromatic N) is 3. The molecule has 0 saturated carbocycles. The molecule has 1 fully saturated rings.